The Morgan fingerprint density at radius 1 is 0.535 bits per heavy atom. The molecule has 1 radical (unpaired) electrons. The summed E-state index contributed by atoms with van der Waals surface area (Å²) in [5.41, 5.74) is -2.27. The molecule has 0 saturated heterocycles. The Morgan fingerprint density at radius 3 is 1.96 bits per heavy atom. The van der Waals surface area contributed by atoms with Crippen LogP contribution in [0.25, 0.3) is 89.0 Å². The van der Waals surface area contributed by atoms with Crippen molar-refractivity contribution in [3.05, 3.63) is 215 Å². The van der Waals surface area contributed by atoms with Gasteiger partial charge in [0.15, 0.2) is 0 Å². The fraction of sp³-hybridized carbons (Fsp3) is 0.119. The van der Waals surface area contributed by atoms with Crippen molar-refractivity contribution >= 4 is 21.9 Å². The molecule has 0 fully saturated rings. The number of pyridine rings is 2. The van der Waals surface area contributed by atoms with Crippen molar-refractivity contribution in [2.45, 2.75) is 46.4 Å². The zero-order valence-corrected chi connectivity index (χ0v) is 38.5. The third kappa shape index (κ3) is 9.79. The topological polar surface area (TPSA) is 38.9 Å². The van der Waals surface area contributed by atoms with Crippen LogP contribution in [0, 0.1) is 63.8 Å². The first-order valence-electron chi connectivity index (χ1n) is 28.3. The quantitative estimate of drug-likeness (QED) is 0.118. The van der Waals surface area contributed by atoms with E-state index in [1.54, 1.807) is 24.3 Å². The number of aryl methyl sites for hydroxylation is 5. The fourth-order valence-corrected chi connectivity index (χ4v) is 7.93. The molecule has 0 atom stereocenters. The molecule has 0 N–H and O–H groups in total. The third-order valence-electron chi connectivity index (χ3n) is 11.3. The number of benzene rings is 7. The van der Waals surface area contributed by atoms with E-state index in [9.17, 15) is 35.1 Å². The average molecular weight is 1150 g/mol. The number of hydrogen-bond acceptors (Lipinski definition) is 3. The molecule has 0 amide bonds. The molecule has 7 aromatic carbocycles. The SMILES string of the molecule is [2H]C([2H])([2H])c1cc(-c2cccc(-c3ccccc3)c2)c2oc3c(-c4cc(-c5c(C([2H])([2H])[2H])cccc5C([2H])([2H])[2H])c(C([2H])([2H])[2H])cn4)[c-]ccc3c2c1.[2H]C([2H])([2H])c1cnc(-c2[c-]cc(F)c(-c3cc(F)ccc3F)c2)cc1C(F)(F)C(F)(F)F.[Ir]. The number of halogens is 8. The first kappa shape index (κ1) is 34.1. The molecule has 359 valence electrons. The summed E-state index contributed by atoms with van der Waals surface area (Å²) < 4.78 is 236. The molecule has 3 nitrogen and oxygen atoms in total. The minimum absolute atomic E-state index is 0. The fourth-order valence-electron chi connectivity index (χ4n) is 7.93. The van der Waals surface area contributed by atoms with Gasteiger partial charge >= 0.3 is 12.1 Å². The van der Waals surface area contributed by atoms with E-state index in [0.717, 1.165) is 29.5 Å². The van der Waals surface area contributed by atoms with Gasteiger partial charge in [0.2, 0.25) is 0 Å². The van der Waals surface area contributed by atoms with Gasteiger partial charge in [-0.05, 0) is 138 Å². The van der Waals surface area contributed by atoms with Gasteiger partial charge in [-0.25, -0.2) is 8.78 Å². The van der Waals surface area contributed by atoms with Crippen LogP contribution < -0.4 is 0 Å². The number of furan rings is 1. The van der Waals surface area contributed by atoms with Crippen LogP contribution in [0.5, 0.6) is 0 Å². The van der Waals surface area contributed by atoms with E-state index in [-0.39, 0.29) is 82.0 Å². The molecule has 0 aliphatic carbocycles. The molecule has 3 heterocycles. The summed E-state index contributed by atoms with van der Waals surface area (Å²) in [4.78, 5) is 8.06. The summed E-state index contributed by atoms with van der Waals surface area (Å²) >= 11 is 0. The van der Waals surface area contributed by atoms with Crippen LogP contribution in [0.4, 0.5) is 35.1 Å². The molecule has 10 rings (SSSR count). The Bertz CT molecular complexity index is 4170. The summed E-state index contributed by atoms with van der Waals surface area (Å²) in [6, 6.07) is 38.3. The summed E-state index contributed by atoms with van der Waals surface area (Å²) in [5.74, 6) is -8.58. The number of rotatable bonds is 7. The second-order valence-electron chi connectivity index (χ2n) is 15.8. The summed E-state index contributed by atoms with van der Waals surface area (Å²) in [5, 5.41) is 1.05. The molecular weight excluding hydrogens is 1100 g/mol. The van der Waals surface area contributed by atoms with Gasteiger partial charge in [-0.2, -0.15) is 22.0 Å². The van der Waals surface area contributed by atoms with Crippen molar-refractivity contribution in [1.82, 2.24) is 9.97 Å². The van der Waals surface area contributed by atoms with Gasteiger partial charge in [0.1, 0.15) is 17.2 Å². The van der Waals surface area contributed by atoms with E-state index in [4.69, 9.17) is 25.0 Å². The van der Waals surface area contributed by atoms with Crippen molar-refractivity contribution in [1.29, 1.82) is 0 Å². The van der Waals surface area contributed by atoms with Crippen LogP contribution in [0.3, 0.4) is 0 Å². The van der Waals surface area contributed by atoms with Crippen LogP contribution in [0.2, 0.25) is 0 Å². The van der Waals surface area contributed by atoms with E-state index in [1.165, 1.54) is 24.3 Å². The van der Waals surface area contributed by atoms with Gasteiger partial charge in [-0.1, -0.05) is 95.4 Å². The Morgan fingerprint density at radius 2 is 1.23 bits per heavy atom. The maximum absolute atomic E-state index is 14.2. The number of hydrogen-bond donors (Lipinski definition) is 0. The van der Waals surface area contributed by atoms with Crippen molar-refractivity contribution in [2.75, 3.05) is 0 Å². The molecule has 0 aliphatic rings. The van der Waals surface area contributed by atoms with Gasteiger partial charge in [-0.3, -0.25) is 4.39 Å². The average Bonchev–Trinajstić information content (AvgIpc) is 1.33. The van der Waals surface area contributed by atoms with Crippen molar-refractivity contribution in [3.8, 4) is 67.0 Å². The van der Waals surface area contributed by atoms with E-state index < -0.39 is 91.8 Å². The van der Waals surface area contributed by atoms with E-state index in [2.05, 4.69) is 22.1 Å². The molecule has 0 saturated carbocycles. The molecule has 10 aromatic rings. The summed E-state index contributed by atoms with van der Waals surface area (Å²) in [6.45, 7) is -14.2. The van der Waals surface area contributed by atoms with Crippen LogP contribution >= 0.6 is 0 Å². The molecule has 0 bridgehead atoms. The maximum Gasteiger partial charge on any atom is 0.458 e. The minimum Gasteiger partial charge on any atom is -0.500 e. The molecule has 0 unspecified atom stereocenters. The summed E-state index contributed by atoms with van der Waals surface area (Å²) in [7, 11) is 0. The third-order valence-corrected chi connectivity index (χ3v) is 11.3. The van der Waals surface area contributed by atoms with Gasteiger partial charge in [0.05, 0.1) is 5.58 Å². The number of fused-ring (bicyclic) bond motifs is 3. The standard InChI is InChI=1S/C39H30NO.C20H10F8N.Ir/c1-24-19-34(30-16-9-15-29(21-30)28-13-6-5-7-14-28)39-35(20-24)31-17-10-18-32(38(31)41-39)36-22-33(27(4)23-40-36)37-25(2)11-8-12-26(37)3;1-10-9-29-18(8-15(10)19(24,25)20(26,27)28)11-2-4-16(22)13(6-11)14-7-12(21)3-5-17(14)23;/h5-17,19-23H,1-4H3;3-9H,1H3;/q2*-1;/i1D3,2D3,3D3,4D3;1D3;. The molecular formula is C59H40F8IrN2O-2. The largest absolute Gasteiger partial charge is 0.500 e. The van der Waals surface area contributed by atoms with E-state index >= 15 is 0 Å². The predicted molar refractivity (Wildman–Crippen MR) is 260 cm³/mol. The molecule has 3 aromatic heterocycles. The molecule has 0 aliphatic heterocycles. The van der Waals surface area contributed by atoms with Crippen LogP contribution in [-0.4, -0.2) is 16.1 Å². The Balaban J connectivity index is 0.000000250. The van der Waals surface area contributed by atoms with Crippen LogP contribution in [-0.2, 0) is 26.0 Å². The van der Waals surface area contributed by atoms with Gasteiger partial charge < -0.3 is 14.4 Å². The van der Waals surface area contributed by atoms with Gasteiger partial charge in [-0.15, -0.1) is 42.0 Å². The van der Waals surface area contributed by atoms with E-state index in [1.807, 2.05) is 54.6 Å². The number of aromatic nitrogens is 2. The molecule has 12 heteroatoms. The number of nitrogens with zero attached hydrogens (tertiary/aromatic N) is 2. The normalized spacial score (nSPS) is 15.6. The zero-order valence-electron chi connectivity index (χ0n) is 51.1. The second kappa shape index (κ2) is 19.9. The minimum atomic E-state index is -6.12. The monoisotopic (exact) mass is 1150 g/mol. The Labute approximate surface area is 439 Å². The zero-order chi connectivity index (χ0) is 62.1. The van der Waals surface area contributed by atoms with Crippen molar-refractivity contribution in [3.63, 3.8) is 0 Å². The van der Waals surface area contributed by atoms with Crippen molar-refractivity contribution < 1.29 is 80.2 Å². The molecule has 71 heavy (non-hydrogen) atoms. The van der Waals surface area contributed by atoms with Crippen LogP contribution in [0.15, 0.2) is 156 Å². The van der Waals surface area contributed by atoms with Gasteiger partial charge in [0, 0.05) is 81.0 Å². The first-order chi connectivity index (χ1) is 39.4. The van der Waals surface area contributed by atoms with Crippen molar-refractivity contribution in [2.24, 2.45) is 0 Å². The second-order valence-corrected chi connectivity index (χ2v) is 15.8. The predicted octanol–water partition coefficient (Wildman–Crippen LogP) is 17.3. The smallest absolute Gasteiger partial charge is 0.458 e. The Hall–Kier alpha value is -7.27. The Kier molecular flexibility index (Phi) is 9.54. The van der Waals surface area contributed by atoms with E-state index in [0.29, 0.717) is 51.9 Å². The number of alkyl halides is 5. The van der Waals surface area contributed by atoms with Gasteiger partial charge in [0.25, 0.3) is 0 Å². The molecule has 0 spiro atoms. The maximum atomic E-state index is 14.2. The summed E-state index contributed by atoms with van der Waals surface area (Å²) in [6.07, 6.45) is -4.69. The first-order valence-corrected chi connectivity index (χ1v) is 20.8. The van der Waals surface area contributed by atoms with Crippen LogP contribution in [0.1, 0.15) is 53.9 Å².